The molecule has 3 aromatic heterocycles. The Kier molecular flexibility index (Phi) is 6.35. The summed E-state index contributed by atoms with van der Waals surface area (Å²) in [4.78, 5) is 18.2. The van der Waals surface area contributed by atoms with Crippen molar-refractivity contribution in [3.63, 3.8) is 0 Å². The fourth-order valence-electron chi connectivity index (χ4n) is 3.91. The maximum Gasteiger partial charge on any atom is 0.257 e. The lowest BCUT2D eigenvalue weighted by Crippen LogP contribution is -2.14. The molecule has 0 aliphatic rings. The molecule has 10 heteroatoms. The Bertz CT molecular complexity index is 1590. The van der Waals surface area contributed by atoms with Gasteiger partial charge in [-0.2, -0.15) is 10.2 Å². The second kappa shape index (κ2) is 9.45. The monoisotopic (exact) mass is 568 g/mol. The first-order valence-electron chi connectivity index (χ1n) is 10.7. The van der Waals surface area contributed by atoms with Crippen LogP contribution in [0.2, 0.25) is 10.0 Å². The minimum absolute atomic E-state index is 0.290. The number of carbonyl (C=O) groups is 1. The van der Waals surface area contributed by atoms with Gasteiger partial charge in [-0.1, -0.05) is 47.5 Å². The van der Waals surface area contributed by atoms with E-state index in [9.17, 15) is 4.79 Å². The van der Waals surface area contributed by atoms with Crippen molar-refractivity contribution < 1.29 is 4.79 Å². The zero-order valence-electron chi connectivity index (χ0n) is 18.8. The van der Waals surface area contributed by atoms with E-state index in [4.69, 9.17) is 28.2 Å². The van der Waals surface area contributed by atoms with Crippen LogP contribution in [0.25, 0.3) is 22.2 Å². The van der Waals surface area contributed by atoms with E-state index in [-0.39, 0.29) is 5.91 Å². The van der Waals surface area contributed by atoms with Crippen molar-refractivity contribution in [2.24, 2.45) is 7.05 Å². The van der Waals surface area contributed by atoms with Gasteiger partial charge in [-0.05, 0) is 52.7 Å². The number of rotatable bonds is 5. The third-order valence-electron chi connectivity index (χ3n) is 5.55. The topological polar surface area (TPSA) is 77.6 Å². The van der Waals surface area contributed by atoms with Crippen molar-refractivity contribution >= 4 is 61.8 Å². The van der Waals surface area contributed by atoms with Crippen molar-refractivity contribution in [3.8, 4) is 11.3 Å². The molecule has 0 aliphatic heterocycles. The van der Waals surface area contributed by atoms with Gasteiger partial charge < -0.3 is 5.32 Å². The second-order valence-corrected chi connectivity index (χ2v) is 9.79. The smallest absolute Gasteiger partial charge is 0.257 e. The molecule has 0 spiro atoms. The highest BCUT2D eigenvalue weighted by Crippen LogP contribution is 2.29. The number of aromatic nitrogens is 5. The van der Waals surface area contributed by atoms with Gasteiger partial charge in [0.2, 0.25) is 0 Å². The Hall–Kier alpha value is -3.20. The quantitative estimate of drug-likeness (QED) is 0.262. The first kappa shape index (κ1) is 23.5. The fourth-order valence-corrected chi connectivity index (χ4v) is 4.80. The van der Waals surface area contributed by atoms with Gasteiger partial charge in [0.15, 0.2) is 5.82 Å². The number of nitrogens with zero attached hydrogens (tertiary/aromatic N) is 5. The van der Waals surface area contributed by atoms with Crippen molar-refractivity contribution in [3.05, 3.63) is 92.3 Å². The molecule has 176 valence electrons. The van der Waals surface area contributed by atoms with E-state index in [1.54, 1.807) is 33.8 Å². The standard InChI is InChI=1S/C25H19BrCl2N6O/c1-14-19(12-33(2)31-14)23-10-18(17-5-3-4-6-22(17)29-23)25(35)30-24-20(26)13-34(32-24)11-15-7-8-16(27)9-21(15)28/h3-10,12-13H,11H2,1-2H3,(H,30,32,35). The number of anilines is 1. The predicted octanol–water partition coefficient (Wildman–Crippen LogP) is 6.51. The highest BCUT2D eigenvalue weighted by molar-refractivity contribution is 9.10. The molecule has 1 amide bonds. The number of fused-ring (bicyclic) bond motifs is 1. The fraction of sp³-hybridized carbons (Fsp3) is 0.120. The molecule has 5 aromatic rings. The van der Waals surface area contributed by atoms with Crippen LogP contribution in [0.4, 0.5) is 5.82 Å². The summed E-state index contributed by atoms with van der Waals surface area (Å²) in [5, 5.41) is 13.7. The van der Waals surface area contributed by atoms with Gasteiger partial charge in [0.05, 0.1) is 33.5 Å². The Morgan fingerprint density at radius 2 is 1.89 bits per heavy atom. The Morgan fingerprint density at radius 3 is 2.63 bits per heavy atom. The van der Waals surface area contributed by atoms with E-state index in [1.165, 1.54) is 0 Å². The summed E-state index contributed by atoms with van der Waals surface area (Å²) in [6.45, 7) is 2.34. The first-order chi connectivity index (χ1) is 16.8. The number of carbonyl (C=O) groups excluding carboxylic acids is 1. The van der Waals surface area contributed by atoms with E-state index in [0.29, 0.717) is 38.1 Å². The summed E-state index contributed by atoms with van der Waals surface area (Å²) >= 11 is 15.8. The summed E-state index contributed by atoms with van der Waals surface area (Å²) in [6, 6.07) is 14.7. The van der Waals surface area contributed by atoms with Crippen molar-refractivity contribution in [2.75, 3.05) is 5.32 Å². The average Bonchev–Trinajstić information content (AvgIpc) is 3.34. The zero-order chi connectivity index (χ0) is 24.7. The maximum atomic E-state index is 13.4. The first-order valence-corrected chi connectivity index (χ1v) is 12.2. The minimum atomic E-state index is -0.290. The molecule has 2 aromatic carbocycles. The van der Waals surface area contributed by atoms with E-state index >= 15 is 0 Å². The number of amides is 1. The van der Waals surface area contributed by atoms with Gasteiger partial charge in [0, 0.05) is 40.4 Å². The van der Waals surface area contributed by atoms with Crippen LogP contribution in [0, 0.1) is 6.92 Å². The summed E-state index contributed by atoms with van der Waals surface area (Å²) in [6.07, 6.45) is 3.68. The van der Waals surface area contributed by atoms with E-state index in [1.807, 2.05) is 50.5 Å². The molecule has 0 fully saturated rings. The molecule has 0 saturated heterocycles. The third-order valence-corrected chi connectivity index (χ3v) is 6.71. The van der Waals surface area contributed by atoms with Gasteiger partial charge in [0.1, 0.15) is 0 Å². The largest absolute Gasteiger partial charge is 0.304 e. The Balaban J connectivity index is 1.47. The molecule has 0 radical (unpaired) electrons. The lowest BCUT2D eigenvalue weighted by Gasteiger charge is -2.10. The molecule has 0 aliphatic carbocycles. The van der Waals surface area contributed by atoms with Gasteiger partial charge in [0.25, 0.3) is 5.91 Å². The van der Waals surface area contributed by atoms with Crippen molar-refractivity contribution in [1.82, 2.24) is 24.5 Å². The zero-order valence-corrected chi connectivity index (χ0v) is 21.9. The van der Waals surface area contributed by atoms with Gasteiger partial charge in [-0.25, -0.2) is 4.98 Å². The molecular formula is C25H19BrCl2N6O. The Labute approximate surface area is 219 Å². The molecule has 0 bridgehead atoms. The summed E-state index contributed by atoms with van der Waals surface area (Å²) in [7, 11) is 1.86. The van der Waals surface area contributed by atoms with Crippen LogP contribution in [-0.4, -0.2) is 30.5 Å². The number of nitrogens with one attached hydrogen (secondary N) is 1. The summed E-state index contributed by atoms with van der Waals surface area (Å²) in [5.41, 5.74) is 4.47. The number of pyridine rings is 1. The van der Waals surface area contributed by atoms with Crippen LogP contribution >= 0.6 is 39.1 Å². The molecule has 1 N–H and O–H groups in total. The molecule has 0 unspecified atom stereocenters. The molecule has 3 heterocycles. The number of halogens is 3. The van der Waals surface area contributed by atoms with Crippen LogP contribution in [0.15, 0.2) is 65.4 Å². The highest BCUT2D eigenvalue weighted by Gasteiger charge is 2.18. The minimum Gasteiger partial charge on any atom is -0.304 e. The number of hydrogen-bond donors (Lipinski definition) is 1. The van der Waals surface area contributed by atoms with Crippen LogP contribution in [0.1, 0.15) is 21.6 Å². The van der Waals surface area contributed by atoms with Crippen LogP contribution in [-0.2, 0) is 13.6 Å². The molecule has 5 rings (SSSR count). The second-order valence-electron chi connectivity index (χ2n) is 8.09. The molecule has 0 atom stereocenters. The molecule has 35 heavy (non-hydrogen) atoms. The van der Waals surface area contributed by atoms with Gasteiger partial charge in [-0.15, -0.1) is 0 Å². The van der Waals surface area contributed by atoms with E-state index < -0.39 is 0 Å². The average molecular weight is 570 g/mol. The van der Waals surface area contributed by atoms with E-state index in [0.717, 1.165) is 27.7 Å². The number of benzene rings is 2. The normalized spacial score (nSPS) is 11.2. The number of para-hydroxylation sites is 1. The number of aryl methyl sites for hydroxylation is 2. The summed E-state index contributed by atoms with van der Waals surface area (Å²) in [5.74, 6) is 0.113. The highest BCUT2D eigenvalue weighted by atomic mass is 79.9. The lowest BCUT2D eigenvalue weighted by molar-refractivity contribution is 0.102. The summed E-state index contributed by atoms with van der Waals surface area (Å²) < 4.78 is 4.08. The van der Waals surface area contributed by atoms with Gasteiger partial charge >= 0.3 is 0 Å². The van der Waals surface area contributed by atoms with Crippen LogP contribution < -0.4 is 5.32 Å². The lowest BCUT2D eigenvalue weighted by atomic mass is 10.0. The number of hydrogen-bond acceptors (Lipinski definition) is 4. The van der Waals surface area contributed by atoms with E-state index in [2.05, 4.69) is 31.4 Å². The predicted molar refractivity (Wildman–Crippen MR) is 142 cm³/mol. The SMILES string of the molecule is Cc1nn(C)cc1-c1cc(C(=O)Nc2nn(Cc3ccc(Cl)cc3Cl)cc2Br)c2ccccc2n1. The van der Waals surface area contributed by atoms with Crippen molar-refractivity contribution in [1.29, 1.82) is 0 Å². The molecule has 0 saturated carbocycles. The molecular weight excluding hydrogens is 551 g/mol. The van der Waals surface area contributed by atoms with Crippen LogP contribution in [0.3, 0.4) is 0 Å². The van der Waals surface area contributed by atoms with Gasteiger partial charge in [-0.3, -0.25) is 14.2 Å². The molecule has 7 nitrogen and oxygen atoms in total. The van der Waals surface area contributed by atoms with Crippen LogP contribution in [0.5, 0.6) is 0 Å². The Morgan fingerprint density at radius 1 is 1.09 bits per heavy atom. The maximum absolute atomic E-state index is 13.4. The third kappa shape index (κ3) is 4.82. The van der Waals surface area contributed by atoms with Crippen molar-refractivity contribution in [2.45, 2.75) is 13.5 Å².